The standard InChI is InChI=1S/C24H28N6O3S/c1-25-19-7-3-4-8-20(19)30-21-13-14-26-24(31)22(21)23(28-30)27-17-9-11-18(12-10-17)34(32,33)29-15-5-2-6-16-29/h9-14,19-20H,2-8,15-16H2,(H,26,31)(H,27,28)/t19-,20-/m0/s1. The number of fused-ring (bicyclic) bond motifs is 1. The number of sulfonamides is 1. The zero-order valence-electron chi connectivity index (χ0n) is 18.9. The van der Waals surface area contributed by atoms with Gasteiger partial charge in [0.1, 0.15) is 11.4 Å². The summed E-state index contributed by atoms with van der Waals surface area (Å²) in [6, 6.07) is 8.14. The zero-order valence-corrected chi connectivity index (χ0v) is 19.7. The van der Waals surface area contributed by atoms with Crippen LogP contribution in [0.4, 0.5) is 11.5 Å². The van der Waals surface area contributed by atoms with E-state index in [1.165, 1.54) is 0 Å². The molecule has 10 heteroatoms. The topological polar surface area (TPSA) is 104 Å². The van der Waals surface area contributed by atoms with Crippen molar-refractivity contribution in [2.75, 3.05) is 18.4 Å². The van der Waals surface area contributed by atoms with E-state index in [0.717, 1.165) is 44.9 Å². The quantitative estimate of drug-likeness (QED) is 0.536. The van der Waals surface area contributed by atoms with E-state index in [-0.39, 0.29) is 22.5 Å². The minimum atomic E-state index is -3.51. The monoisotopic (exact) mass is 480 g/mol. The Kier molecular flexibility index (Phi) is 6.15. The van der Waals surface area contributed by atoms with Gasteiger partial charge in [-0.3, -0.25) is 9.48 Å². The lowest BCUT2D eigenvalue weighted by molar-refractivity contribution is 0.321. The molecular weight excluding hydrogens is 452 g/mol. The second-order valence-electron chi connectivity index (χ2n) is 9.02. The van der Waals surface area contributed by atoms with E-state index in [1.807, 2.05) is 10.7 Å². The minimum Gasteiger partial charge on any atom is -0.338 e. The number of anilines is 2. The first-order valence-corrected chi connectivity index (χ1v) is 13.3. The Balaban J connectivity index is 1.46. The number of nitrogens with zero attached hydrogens (tertiary/aromatic N) is 4. The summed E-state index contributed by atoms with van der Waals surface area (Å²) in [6.07, 6.45) is 8.16. The van der Waals surface area contributed by atoms with Crippen LogP contribution < -0.4 is 10.9 Å². The molecule has 0 spiro atoms. The number of benzene rings is 1. The molecule has 5 rings (SSSR count). The predicted molar refractivity (Wildman–Crippen MR) is 131 cm³/mol. The highest BCUT2D eigenvalue weighted by atomic mass is 32.2. The molecule has 0 amide bonds. The Morgan fingerprint density at radius 1 is 1.03 bits per heavy atom. The molecule has 178 valence electrons. The van der Waals surface area contributed by atoms with Crippen molar-refractivity contribution in [2.45, 2.75) is 61.9 Å². The largest absolute Gasteiger partial charge is 0.338 e. The van der Waals surface area contributed by atoms with Crippen LogP contribution in [0.25, 0.3) is 15.7 Å². The summed E-state index contributed by atoms with van der Waals surface area (Å²) < 4.78 is 29.2. The highest BCUT2D eigenvalue weighted by molar-refractivity contribution is 7.89. The van der Waals surface area contributed by atoms with Gasteiger partial charge in [0.05, 0.1) is 10.4 Å². The predicted octanol–water partition coefficient (Wildman–Crippen LogP) is 4.05. The Morgan fingerprint density at radius 2 is 1.76 bits per heavy atom. The van der Waals surface area contributed by atoms with Crippen molar-refractivity contribution in [1.82, 2.24) is 19.1 Å². The molecular formula is C24H28N6O3S. The smallest absolute Gasteiger partial charge is 0.261 e. The molecule has 1 saturated heterocycles. The zero-order chi connectivity index (χ0) is 23.7. The molecule has 2 aromatic heterocycles. The van der Waals surface area contributed by atoms with Gasteiger partial charge in [-0.15, -0.1) is 0 Å². The molecule has 2 atom stereocenters. The first-order valence-electron chi connectivity index (χ1n) is 11.8. The number of H-pyrrole nitrogens is 1. The SMILES string of the molecule is [C-]#[N+][C@H]1CCCC[C@@H]1n1nc(Nc2ccc(S(=O)(=O)N3CCCCC3)cc2)c2c(=O)[nH]ccc21. The lowest BCUT2D eigenvalue weighted by Crippen LogP contribution is -2.35. The molecule has 0 radical (unpaired) electrons. The summed E-state index contributed by atoms with van der Waals surface area (Å²) in [7, 11) is -3.51. The van der Waals surface area contributed by atoms with Crippen molar-refractivity contribution in [3.8, 4) is 0 Å². The Morgan fingerprint density at radius 3 is 2.50 bits per heavy atom. The Hall–Kier alpha value is -3.16. The van der Waals surface area contributed by atoms with Crippen molar-refractivity contribution >= 4 is 32.4 Å². The summed E-state index contributed by atoms with van der Waals surface area (Å²) in [5.74, 6) is 0.401. The maximum atomic E-state index is 12.9. The molecule has 1 aromatic carbocycles. The van der Waals surface area contributed by atoms with Crippen LogP contribution >= 0.6 is 0 Å². The first kappa shape index (κ1) is 22.6. The van der Waals surface area contributed by atoms with E-state index in [2.05, 4.69) is 15.1 Å². The van der Waals surface area contributed by atoms with Gasteiger partial charge in [0.2, 0.25) is 16.1 Å². The number of aromatic amines is 1. The van der Waals surface area contributed by atoms with Crippen molar-refractivity contribution in [3.05, 3.63) is 58.3 Å². The van der Waals surface area contributed by atoms with Gasteiger partial charge in [0, 0.05) is 31.4 Å². The van der Waals surface area contributed by atoms with Crippen LogP contribution in [0.5, 0.6) is 0 Å². The van der Waals surface area contributed by atoms with Gasteiger partial charge in [-0.25, -0.2) is 15.0 Å². The third-order valence-corrected chi connectivity index (χ3v) is 8.79. The summed E-state index contributed by atoms with van der Waals surface area (Å²) in [5.41, 5.74) is 1.07. The molecule has 3 aromatic rings. The fourth-order valence-corrected chi connectivity index (χ4v) is 6.59. The highest BCUT2D eigenvalue weighted by Gasteiger charge is 2.34. The van der Waals surface area contributed by atoms with Crippen LogP contribution in [0.15, 0.2) is 46.2 Å². The van der Waals surface area contributed by atoms with Crippen molar-refractivity contribution in [2.24, 2.45) is 0 Å². The average molecular weight is 481 g/mol. The second-order valence-corrected chi connectivity index (χ2v) is 11.0. The van der Waals surface area contributed by atoms with Crippen LogP contribution in [-0.4, -0.2) is 46.6 Å². The maximum Gasteiger partial charge on any atom is 0.261 e. The molecule has 0 unspecified atom stereocenters. The lowest BCUT2D eigenvalue weighted by atomic mass is 9.91. The molecule has 1 aliphatic carbocycles. The highest BCUT2D eigenvalue weighted by Crippen LogP contribution is 2.35. The van der Waals surface area contributed by atoms with Crippen molar-refractivity contribution < 1.29 is 8.42 Å². The van der Waals surface area contributed by atoms with E-state index in [9.17, 15) is 13.2 Å². The molecule has 0 bridgehead atoms. The van der Waals surface area contributed by atoms with Crippen LogP contribution in [0, 0.1) is 6.57 Å². The van der Waals surface area contributed by atoms with E-state index in [0.29, 0.717) is 35.5 Å². The number of rotatable bonds is 5. The van der Waals surface area contributed by atoms with E-state index >= 15 is 0 Å². The van der Waals surface area contributed by atoms with E-state index in [1.54, 1.807) is 34.8 Å². The molecule has 2 fully saturated rings. The number of piperidine rings is 1. The summed E-state index contributed by atoms with van der Waals surface area (Å²) in [5, 5.41) is 8.36. The summed E-state index contributed by atoms with van der Waals surface area (Å²) in [4.78, 5) is 19.5. The van der Waals surface area contributed by atoms with E-state index in [4.69, 9.17) is 11.7 Å². The Labute approximate surface area is 198 Å². The molecule has 9 nitrogen and oxygen atoms in total. The first-order chi connectivity index (χ1) is 16.5. The van der Waals surface area contributed by atoms with Gasteiger partial charge < -0.3 is 15.1 Å². The van der Waals surface area contributed by atoms with Crippen LogP contribution in [0.1, 0.15) is 51.0 Å². The maximum absolute atomic E-state index is 12.9. The number of pyridine rings is 1. The molecule has 2 aliphatic rings. The van der Waals surface area contributed by atoms with Crippen LogP contribution in [0.3, 0.4) is 0 Å². The number of nitrogens with one attached hydrogen (secondary N) is 2. The van der Waals surface area contributed by atoms with Gasteiger partial charge >= 0.3 is 0 Å². The van der Waals surface area contributed by atoms with Crippen molar-refractivity contribution in [1.29, 1.82) is 0 Å². The van der Waals surface area contributed by atoms with Crippen molar-refractivity contribution in [3.63, 3.8) is 0 Å². The van der Waals surface area contributed by atoms with E-state index < -0.39 is 10.0 Å². The number of aromatic nitrogens is 3. The number of hydrogen-bond acceptors (Lipinski definition) is 5. The summed E-state index contributed by atoms with van der Waals surface area (Å²) in [6.45, 7) is 8.72. The van der Waals surface area contributed by atoms with Gasteiger partial charge in [0.15, 0.2) is 5.82 Å². The third kappa shape index (κ3) is 4.10. The lowest BCUT2D eigenvalue weighted by Gasteiger charge is -2.25. The second kappa shape index (κ2) is 9.24. The molecule has 1 aliphatic heterocycles. The van der Waals surface area contributed by atoms with Gasteiger partial charge in [-0.2, -0.15) is 9.40 Å². The molecule has 2 N–H and O–H groups in total. The Bertz CT molecular complexity index is 1380. The van der Waals surface area contributed by atoms with Crippen LogP contribution in [-0.2, 0) is 10.0 Å². The van der Waals surface area contributed by atoms with Gasteiger partial charge in [-0.05, 0) is 56.0 Å². The van der Waals surface area contributed by atoms with Gasteiger partial charge in [-0.1, -0.05) is 12.8 Å². The minimum absolute atomic E-state index is 0.0804. The van der Waals surface area contributed by atoms with Crippen LogP contribution in [0.2, 0.25) is 0 Å². The number of hydrogen-bond donors (Lipinski definition) is 2. The third-order valence-electron chi connectivity index (χ3n) is 6.87. The molecule has 1 saturated carbocycles. The van der Waals surface area contributed by atoms with Gasteiger partial charge in [0.25, 0.3) is 5.56 Å². The normalized spacial score (nSPS) is 21.9. The average Bonchev–Trinajstić information content (AvgIpc) is 3.24. The molecule has 3 heterocycles. The molecule has 34 heavy (non-hydrogen) atoms. The fraction of sp³-hybridized carbons (Fsp3) is 0.458. The fourth-order valence-electron chi connectivity index (χ4n) is 5.07. The summed E-state index contributed by atoms with van der Waals surface area (Å²) >= 11 is 0.